The molecule has 1 atom stereocenters. The Labute approximate surface area is 83.7 Å². The Bertz CT molecular complexity index is 388. The third-order valence-electron chi connectivity index (χ3n) is 1.93. The molecule has 1 aliphatic rings. The Morgan fingerprint density at radius 3 is 3.00 bits per heavy atom. The van der Waals surface area contributed by atoms with E-state index in [0.717, 1.165) is 0 Å². The predicted octanol–water partition coefficient (Wildman–Crippen LogP) is -0.209. The van der Waals surface area contributed by atoms with Crippen LogP contribution in [0.3, 0.4) is 0 Å². The summed E-state index contributed by atoms with van der Waals surface area (Å²) in [6.07, 6.45) is 0. The van der Waals surface area contributed by atoms with E-state index in [-0.39, 0.29) is 5.91 Å². The Hall–Kier alpha value is -1.40. The van der Waals surface area contributed by atoms with Crippen LogP contribution in [0.2, 0.25) is 0 Å². The summed E-state index contributed by atoms with van der Waals surface area (Å²) in [5, 5.41) is 15.6. The van der Waals surface area contributed by atoms with Gasteiger partial charge in [-0.3, -0.25) is 9.59 Å². The minimum atomic E-state index is -0.859. The molecule has 74 valence electrons. The molecule has 5 nitrogen and oxygen atoms in total. The van der Waals surface area contributed by atoms with Crippen molar-refractivity contribution in [3.05, 3.63) is 16.3 Å². The second-order valence-corrected chi connectivity index (χ2v) is 3.78. The minimum absolute atomic E-state index is 0.326. The molecule has 0 aliphatic carbocycles. The lowest BCUT2D eigenvalue weighted by molar-refractivity contribution is -0.118. The lowest BCUT2D eigenvalue weighted by Gasteiger charge is -2.10. The van der Waals surface area contributed by atoms with Crippen molar-refractivity contribution >= 4 is 28.8 Å². The molecule has 0 radical (unpaired) electrons. The van der Waals surface area contributed by atoms with E-state index in [1.165, 1.54) is 11.3 Å². The molecule has 0 unspecified atom stereocenters. The van der Waals surface area contributed by atoms with Crippen LogP contribution in [0, 0.1) is 0 Å². The van der Waals surface area contributed by atoms with Crippen molar-refractivity contribution in [3.63, 3.8) is 0 Å². The van der Waals surface area contributed by atoms with Gasteiger partial charge >= 0.3 is 0 Å². The minimum Gasteiger partial charge on any atom is -0.394 e. The second kappa shape index (κ2) is 3.39. The fraction of sp³-hybridized carbons (Fsp3) is 0.250. The maximum atomic E-state index is 11.5. The topological polar surface area (TPSA) is 78.4 Å². The number of carbonyl (C=O) groups excluding carboxylic acids is 2. The molecule has 2 heterocycles. The summed E-state index contributed by atoms with van der Waals surface area (Å²) in [7, 11) is 0. The highest BCUT2D eigenvalue weighted by Gasteiger charge is 2.27. The van der Waals surface area contributed by atoms with E-state index in [1.54, 1.807) is 11.4 Å². The van der Waals surface area contributed by atoms with Crippen molar-refractivity contribution in [2.75, 3.05) is 11.9 Å². The lowest BCUT2D eigenvalue weighted by Crippen LogP contribution is -2.43. The van der Waals surface area contributed by atoms with Gasteiger partial charge in [-0.2, -0.15) is 0 Å². The Morgan fingerprint density at radius 2 is 2.29 bits per heavy atom. The second-order valence-electron chi connectivity index (χ2n) is 2.86. The predicted molar refractivity (Wildman–Crippen MR) is 51.3 cm³/mol. The van der Waals surface area contributed by atoms with Crippen molar-refractivity contribution in [1.29, 1.82) is 0 Å². The van der Waals surface area contributed by atoms with E-state index in [0.29, 0.717) is 10.6 Å². The zero-order valence-corrected chi connectivity index (χ0v) is 7.93. The molecule has 0 saturated carbocycles. The lowest BCUT2D eigenvalue weighted by atomic mass is 10.3. The van der Waals surface area contributed by atoms with Crippen LogP contribution in [0.5, 0.6) is 0 Å². The number of carbonyl (C=O) groups is 2. The molecule has 0 bridgehead atoms. The summed E-state index contributed by atoms with van der Waals surface area (Å²) in [5.41, 5.74) is 0.508. The first-order valence-corrected chi connectivity index (χ1v) is 4.90. The molecule has 1 aliphatic heterocycles. The van der Waals surface area contributed by atoms with Crippen LogP contribution in [0.15, 0.2) is 11.4 Å². The summed E-state index contributed by atoms with van der Waals surface area (Å²) in [6, 6.07) is 0.805. The summed E-state index contributed by atoms with van der Waals surface area (Å²) in [6.45, 7) is -0.396. The Balaban J connectivity index is 2.36. The fourth-order valence-corrected chi connectivity index (χ4v) is 1.97. The molecule has 1 aromatic rings. The normalized spacial score (nSPS) is 20.8. The van der Waals surface area contributed by atoms with Gasteiger partial charge in [-0.05, 0) is 11.4 Å². The van der Waals surface area contributed by atoms with E-state index in [4.69, 9.17) is 5.11 Å². The van der Waals surface area contributed by atoms with E-state index in [2.05, 4.69) is 10.6 Å². The van der Waals surface area contributed by atoms with Crippen LogP contribution >= 0.6 is 11.3 Å². The number of hydrogen-bond donors (Lipinski definition) is 3. The molecule has 0 saturated heterocycles. The van der Waals surface area contributed by atoms with E-state index < -0.39 is 18.6 Å². The number of thiophene rings is 1. The Morgan fingerprint density at radius 1 is 1.50 bits per heavy atom. The van der Waals surface area contributed by atoms with E-state index >= 15 is 0 Å². The average molecular weight is 212 g/mol. The van der Waals surface area contributed by atoms with Gasteiger partial charge in [-0.15, -0.1) is 11.3 Å². The van der Waals surface area contributed by atoms with Crippen LogP contribution in [-0.2, 0) is 4.79 Å². The van der Waals surface area contributed by atoms with Gasteiger partial charge in [-0.1, -0.05) is 0 Å². The standard InChI is InChI=1S/C8H8N2O3S/c11-3-5-7(12)9-4-1-2-14-6(4)8(13)10-5/h1-2,5,11H,3H2,(H,9,12)(H,10,13)/t5-/m0/s1. The maximum Gasteiger partial charge on any atom is 0.264 e. The van der Waals surface area contributed by atoms with Crippen molar-refractivity contribution in [3.8, 4) is 0 Å². The number of aliphatic hydroxyl groups is 1. The molecule has 0 aromatic carbocycles. The molecule has 2 rings (SSSR count). The molecule has 2 amide bonds. The molecule has 0 fully saturated rings. The third-order valence-corrected chi connectivity index (χ3v) is 2.85. The fourth-order valence-electron chi connectivity index (χ4n) is 1.22. The van der Waals surface area contributed by atoms with Gasteiger partial charge in [0, 0.05) is 0 Å². The largest absolute Gasteiger partial charge is 0.394 e. The number of fused-ring (bicyclic) bond motifs is 1. The first kappa shape index (κ1) is 9.17. The van der Waals surface area contributed by atoms with Crippen molar-refractivity contribution in [2.45, 2.75) is 6.04 Å². The van der Waals surface area contributed by atoms with E-state index in [1.807, 2.05) is 0 Å². The highest BCUT2D eigenvalue weighted by Crippen LogP contribution is 2.24. The van der Waals surface area contributed by atoms with Crippen molar-refractivity contribution < 1.29 is 14.7 Å². The number of nitrogens with one attached hydrogen (secondary N) is 2. The highest BCUT2D eigenvalue weighted by molar-refractivity contribution is 7.12. The number of hydrogen-bond acceptors (Lipinski definition) is 4. The molecular formula is C8H8N2O3S. The summed E-state index contributed by atoms with van der Waals surface area (Å²) < 4.78 is 0. The first-order chi connectivity index (χ1) is 6.72. The Kier molecular flexibility index (Phi) is 2.22. The van der Waals surface area contributed by atoms with Crippen molar-refractivity contribution in [2.24, 2.45) is 0 Å². The van der Waals surface area contributed by atoms with Gasteiger partial charge in [0.15, 0.2) is 0 Å². The maximum absolute atomic E-state index is 11.5. The molecule has 14 heavy (non-hydrogen) atoms. The third kappa shape index (κ3) is 1.38. The van der Waals surface area contributed by atoms with Crippen molar-refractivity contribution in [1.82, 2.24) is 5.32 Å². The first-order valence-electron chi connectivity index (χ1n) is 4.02. The average Bonchev–Trinajstić information content (AvgIpc) is 2.57. The van der Waals surface area contributed by atoms with E-state index in [9.17, 15) is 9.59 Å². The van der Waals surface area contributed by atoms with Gasteiger partial charge in [0.2, 0.25) is 5.91 Å². The van der Waals surface area contributed by atoms with Crippen LogP contribution in [0.1, 0.15) is 9.67 Å². The number of anilines is 1. The van der Waals surface area contributed by atoms with Gasteiger partial charge < -0.3 is 15.7 Å². The quantitative estimate of drug-likeness (QED) is 0.602. The molecule has 1 aromatic heterocycles. The monoisotopic (exact) mass is 212 g/mol. The zero-order chi connectivity index (χ0) is 10.1. The number of aliphatic hydroxyl groups excluding tert-OH is 1. The van der Waals surface area contributed by atoms with Gasteiger partial charge in [0.05, 0.1) is 12.3 Å². The van der Waals surface area contributed by atoms with Gasteiger partial charge in [0.1, 0.15) is 10.9 Å². The summed E-state index contributed by atoms with van der Waals surface area (Å²) in [5.74, 6) is -0.717. The van der Waals surface area contributed by atoms with Crippen LogP contribution < -0.4 is 10.6 Å². The highest BCUT2D eigenvalue weighted by atomic mass is 32.1. The van der Waals surface area contributed by atoms with Crippen LogP contribution in [0.4, 0.5) is 5.69 Å². The SMILES string of the molecule is O=C1N[C@@H](CO)C(=O)Nc2ccsc21. The molecule has 3 N–H and O–H groups in total. The van der Waals surface area contributed by atoms with Gasteiger partial charge in [-0.25, -0.2) is 0 Å². The smallest absolute Gasteiger partial charge is 0.264 e. The summed E-state index contributed by atoms with van der Waals surface area (Å²) >= 11 is 1.25. The zero-order valence-electron chi connectivity index (χ0n) is 7.11. The molecular weight excluding hydrogens is 204 g/mol. The number of amides is 2. The van der Waals surface area contributed by atoms with Crippen LogP contribution in [-0.4, -0.2) is 29.6 Å². The van der Waals surface area contributed by atoms with Gasteiger partial charge in [0.25, 0.3) is 5.91 Å². The number of rotatable bonds is 1. The molecule has 0 spiro atoms. The molecule has 6 heteroatoms. The summed E-state index contributed by atoms with van der Waals surface area (Å²) in [4.78, 5) is 23.3. The van der Waals surface area contributed by atoms with Crippen LogP contribution in [0.25, 0.3) is 0 Å².